The topological polar surface area (TPSA) is 72.2 Å². The van der Waals surface area contributed by atoms with Crippen LogP contribution in [0.4, 0.5) is 0 Å². The van der Waals surface area contributed by atoms with E-state index >= 15 is 0 Å². The summed E-state index contributed by atoms with van der Waals surface area (Å²) in [5.74, 6) is -0.681. The van der Waals surface area contributed by atoms with Gasteiger partial charge in [-0.1, -0.05) is 28.1 Å². The minimum absolute atomic E-state index is 0.0935. The molecule has 1 aromatic carbocycles. The maximum absolute atomic E-state index is 12.0. The van der Waals surface area contributed by atoms with Crippen LogP contribution in [0.2, 0.25) is 0 Å². The van der Waals surface area contributed by atoms with E-state index in [0.29, 0.717) is 5.69 Å². The Labute approximate surface area is 152 Å². The van der Waals surface area contributed by atoms with Crippen molar-refractivity contribution in [1.29, 1.82) is 5.26 Å². The molecule has 0 saturated carbocycles. The number of hydrogen-bond donors (Lipinski definition) is 0. The summed E-state index contributed by atoms with van der Waals surface area (Å²) in [5, 5.41) is 11.8. The van der Waals surface area contributed by atoms with Crippen molar-refractivity contribution in [2.45, 2.75) is 13.0 Å². The number of benzene rings is 1. The molecule has 0 bridgehead atoms. The average molecular weight is 407 g/mol. The molecule has 2 aromatic rings. The SMILES string of the molecule is COC[C@H](C)OC(=O)/C(C#N)=C/c1csc(-c2cccc(Br)c2)n1. The number of carbonyl (C=O) groups excluding carboxylic acids is 1. The van der Waals surface area contributed by atoms with Crippen molar-refractivity contribution in [2.75, 3.05) is 13.7 Å². The van der Waals surface area contributed by atoms with E-state index in [1.54, 1.807) is 12.3 Å². The van der Waals surface area contributed by atoms with E-state index in [4.69, 9.17) is 9.47 Å². The first kappa shape index (κ1) is 18.3. The third kappa shape index (κ3) is 4.99. The quantitative estimate of drug-likeness (QED) is 0.410. The molecule has 1 heterocycles. The van der Waals surface area contributed by atoms with Gasteiger partial charge in [-0.05, 0) is 25.1 Å². The van der Waals surface area contributed by atoms with Gasteiger partial charge in [0, 0.05) is 22.5 Å². The molecule has 0 amide bonds. The van der Waals surface area contributed by atoms with Gasteiger partial charge in [-0.25, -0.2) is 9.78 Å². The summed E-state index contributed by atoms with van der Waals surface area (Å²) >= 11 is 4.86. The fourth-order valence-corrected chi connectivity index (χ4v) is 3.08. The number of carbonyl (C=O) groups is 1. The zero-order chi connectivity index (χ0) is 17.5. The molecule has 1 aromatic heterocycles. The molecule has 124 valence electrons. The zero-order valence-corrected chi connectivity index (χ0v) is 15.6. The van der Waals surface area contributed by atoms with E-state index in [1.807, 2.05) is 30.3 Å². The fraction of sp³-hybridized carbons (Fsp3) is 0.235. The van der Waals surface area contributed by atoms with Crippen molar-refractivity contribution >= 4 is 39.3 Å². The second-order valence-electron chi connectivity index (χ2n) is 4.93. The van der Waals surface area contributed by atoms with Gasteiger partial charge in [0.1, 0.15) is 22.8 Å². The Bertz CT molecular complexity index is 795. The maximum atomic E-state index is 12.0. The Morgan fingerprint density at radius 2 is 2.33 bits per heavy atom. The van der Waals surface area contributed by atoms with Crippen molar-refractivity contribution in [2.24, 2.45) is 0 Å². The van der Waals surface area contributed by atoms with E-state index in [2.05, 4.69) is 20.9 Å². The summed E-state index contributed by atoms with van der Waals surface area (Å²) in [6.45, 7) is 1.97. The molecule has 24 heavy (non-hydrogen) atoms. The first-order chi connectivity index (χ1) is 11.5. The number of aromatic nitrogens is 1. The largest absolute Gasteiger partial charge is 0.456 e. The molecule has 0 aliphatic carbocycles. The van der Waals surface area contributed by atoms with Gasteiger partial charge in [0.05, 0.1) is 12.3 Å². The molecule has 7 heteroatoms. The predicted molar refractivity (Wildman–Crippen MR) is 96.3 cm³/mol. The number of hydrogen-bond acceptors (Lipinski definition) is 6. The number of methoxy groups -OCH3 is 1. The third-order valence-corrected chi connectivity index (χ3v) is 4.34. The molecule has 1 atom stereocenters. The molecular weight excluding hydrogens is 392 g/mol. The molecule has 0 aliphatic heterocycles. The zero-order valence-electron chi connectivity index (χ0n) is 13.2. The summed E-state index contributed by atoms with van der Waals surface area (Å²) in [6, 6.07) is 9.62. The lowest BCUT2D eigenvalue weighted by atomic mass is 10.2. The number of esters is 1. The van der Waals surface area contributed by atoms with Crippen LogP contribution in [-0.4, -0.2) is 30.8 Å². The summed E-state index contributed by atoms with van der Waals surface area (Å²) in [7, 11) is 1.52. The monoisotopic (exact) mass is 406 g/mol. The number of halogens is 1. The van der Waals surface area contributed by atoms with Gasteiger partial charge >= 0.3 is 5.97 Å². The first-order valence-corrected chi connectivity index (χ1v) is 8.74. The Morgan fingerprint density at radius 3 is 3.00 bits per heavy atom. The average Bonchev–Trinajstić information content (AvgIpc) is 3.01. The molecule has 0 aliphatic rings. The van der Waals surface area contributed by atoms with Crippen molar-refractivity contribution < 1.29 is 14.3 Å². The lowest BCUT2D eigenvalue weighted by molar-refractivity contribution is -0.145. The van der Waals surface area contributed by atoms with Gasteiger partial charge in [0.2, 0.25) is 0 Å². The minimum Gasteiger partial charge on any atom is -0.456 e. The van der Waals surface area contributed by atoms with Gasteiger partial charge in [-0.3, -0.25) is 0 Å². The molecule has 0 saturated heterocycles. The second kappa shape index (κ2) is 8.73. The van der Waals surface area contributed by atoms with Crippen molar-refractivity contribution in [3.8, 4) is 16.6 Å². The molecule has 5 nitrogen and oxygen atoms in total. The highest BCUT2D eigenvalue weighted by atomic mass is 79.9. The Hall–Kier alpha value is -2.01. The van der Waals surface area contributed by atoms with E-state index < -0.39 is 12.1 Å². The van der Waals surface area contributed by atoms with Crippen LogP contribution in [0, 0.1) is 11.3 Å². The van der Waals surface area contributed by atoms with Crippen LogP contribution >= 0.6 is 27.3 Å². The smallest absolute Gasteiger partial charge is 0.349 e. The van der Waals surface area contributed by atoms with Crippen LogP contribution < -0.4 is 0 Å². The van der Waals surface area contributed by atoms with Crippen molar-refractivity contribution in [3.63, 3.8) is 0 Å². The lowest BCUT2D eigenvalue weighted by Gasteiger charge is -2.11. The van der Waals surface area contributed by atoms with Crippen LogP contribution in [-0.2, 0) is 14.3 Å². The molecule has 0 N–H and O–H groups in total. The standard InChI is InChI=1S/C17H15BrN2O3S/c1-11(9-22-2)23-17(21)13(8-19)7-15-10-24-16(20-15)12-4-3-5-14(18)6-12/h3-7,10-11H,9H2,1-2H3/b13-7+/t11-/m0/s1. The summed E-state index contributed by atoms with van der Waals surface area (Å²) in [6.07, 6.45) is 1.01. The molecule has 0 fully saturated rings. The highest BCUT2D eigenvalue weighted by Gasteiger charge is 2.15. The van der Waals surface area contributed by atoms with Gasteiger partial charge in [-0.15, -0.1) is 11.3 Å². The van der Waals surface area contributed by atoms with Gasteiger partial charge in [0.25, 0.3) is 0 Å². The lowest BCUT2D eigenvalue weighted by Crippen LogP contribution is -2.20. The molecule has 0 radical (unpaired) electrons. The summed E-state index contributed by atoms with van der Waals surface area (Å²) < 4.78 is 11.0. The first-order valence-electron chi connectivity index (χ1n) is 7.06. The third-order valence-electron chi connectivity index (χ3n) is 2.94. The number of ether oxygens (including phenoxy) is 2. The van der Waals surface area contributed by atoms with Gasteiger partial charge < -0.3 is 9.47 Å². The Balaban J connectivity index is 2.17. The van der Waals surface area contributed by atoms with Crippen LogP contribution in [0.25, 0.3) is 16.6 Å². The second-order valence-corrected chi connectivity index (χ2v) is 6.70. The van der Waals surface area contributed by atoms with Gasteiger partial charge in [0.15, 0.2) is 0 Å². The summed E-state index contributed by atoms with van der Waals surface area (Å²) in [5.41, 5.74) is 1.41. The number of thiazole rings is 1. The number of nitrogens with zero attached hydrogens (tertiary/aromatic N) is 2. The predicted octanol–water partition coefficient (Wildman–Crippen LogP) is 4.06. The van der Waals surface area contributed by atoms with Crippen LogP contribution in [0.1, 0.15) is 12.6 Å². The minimum atomic E-state index is -0.681. The normalized spacial score (nSPS) is 12.5. The molecular formula is C17H15BrN2O3S. The van der Waals surface area contributed by atoms with Crippen LogP contribution in [0.15, 0.2) is 39.7 Å². The number of nitriles is 1. The van der Waals surface area contributed by atoms with E-state index in [-0.39, 0.29) is 12.2 Å². The van der Waals surface area contributed by atoms with E-state index in [1.165, 1.54) is 24.5 Å². The van der Waals surface area contributed by atoms with Gasteiger partial charge in [-0.2, -0.15) is 5.26 Å². The fourth-order valence-electron chi connectivity index (χ4n) is 1.91. The number of rotatable bonds is 6. The highest BCUT2D eigenvalue weighted by molar-refractivity contribution is 9.10. The van der Waals surface area contributed by atoms with Crippen LogP contribution in [0.5, 0.6) is 0 Å². The van der Waals surface area contributed by atoms with Crippen molar-refractivity contribution in [3.05, 3.63) is 45.4 Å². The van der Waals surface area contributed by atoms with E-state index in [9.17, 15) is 10.1 Å². The molecule has 0 spiro atoms. The van der Waals surface area contributed by atoms with Crippen molar-refractivity contribution in [1.82, 2.24) is 4.98 Å². The van der Waals surface area contributed by atoms with Crippen LogP contribution in [0.3, 0.4) is 0 Å². The highest BCUT2D eigenvalue weighted by Crippen LogP contribution is 2.27. The molecule has 2 rings (SSSR count). The molecule has 0 unspecified atom stereocenters. The van der Waals surface area contributed by atoms with E-state index in [0.717, 1.165) is 15.0 Å². The Kier molecular flexibility index (Phi) is 6.67. The maximum Gasteiger partial charge on any atom is 0.349 e. The summed E-state index contributed by atoms with van der Waals surface area (Å²) in [4.78, 5) is 16.4. The Morgan fingerprint density at radius 1 is 1.54 bits per heavy atom.